The van der Waals surface area contributed by atoms with Gasteiger partial charge in [-0.3, -0.25) is 4.79 Å². The summed E-state index contributed by atoms with van der Waals surface area (Å²) in [4.78, 5) is 25.3. The molecule has 1 amide bonds. The molecule has 2 N–H and O–H groups in total. The molecule has 0 aliphatic heterocycles. The summed E-state index contributed by atoms with van der Waals surface area (Å²) in [6.45, 7) is 4.28. The van der Waals surface area contributed by atoms with Gasteiger partial charge in [0.05, 0.1) is 12.4 Å². The molecule has 4 rings (SSSR count). The Hall–Kier alpha value is -3.86. The van der Waals surface area contributed by atoms with Gasteiger partial charge in [-0.25, -0.2) is 13.2 Å². The molecule has 2 atom stereocenters. The monoisotopic (exact) mass is 635 g/mol. The van der Waals surface area contributed by atoms with Crippen molar-refractivity contribution in [1.82, 2.24) is 5.32 Å². The molecular formula is C34H37NO7S2. The molecule has 3 aromatic carbocycles. The minimum absolute atomic E-state index is 0.235. The Balaban J connectivity index is 1.59. The molecule has 0 aliphatic rings. The maximum Gasteiger partial charge on any atom is 0.326 e. The quantitative estimate of drug-likeness (QED) is 0.151. The fourth-order valence-electron chi connectivity index (χ4n) is 4.72. The van der Waals surface area contributed by atoms with Crippen molar-refractivity contribution in [3.63, 3.8) is 0 Å². The second-order valence-corrected chi connectivity index (χ2v) is 14.1. The summed E-state index contributed by atoms with van der Waals surface area (Å²) >= 11 is 1.75. The number of aliphatic carboxylic acids is 1. The summed E-state index contributed by atoms with van der Waals surface area (Å²) in [6, 6.07) is 25.3. The molecular weight excluding hydrogens is 599 g/mol. The summed E-state index contributed by atoms with van der Waals surface area (Å²) < 4.78 is 35.8. The molecule has 0 radical (unpaired) electrons. The smallest absolute Gasteiger partial charge is 0.326 e. The van der Waals surface area contributed by atoms with E-state index in [2.05, 4.69) is 12.2 Å². The fraction of sp³-hybridized carbons (Fsp3) is 0.294. The Morgan fingerprint density at radius 1 is 0.977 bits per heavy atom. The van der Waals surface area contributed by atoms with Crippen LogP contribution >= 0.6 is 11.8 Å². The molecule has 0 aliphatic carbocycles. The van der Waals surface area contributed by atoms with Crippen LogP contribution in [-0.2, 0) is 26.0 Å². The van der Waals surface area contributed by atoms with E-state index in [1.165, 1.54) is 0 Å². The SMILES string of the molecule is CCSCC(OCc1ccc(C(=O)NC(CCS(C)(=O)=O)C(=O)O)c(-c2ccccc2C)c1)c1ccc(-c2ccccc2)o1. The van der Waals surface area contributed by atoms with Crippen LogP contribution in [-0.4, -0.2) is 55.0 Å². The third-order valence-electron chi connectivity index (χ3n) is 7.07. The number of rotatable bonds is 15. The van der Waals surface area contributed by atoms with Gasteiger partial charge in [0.1, 0.15) is 33.5 Å². The van der Waals surface area contributed by atoms with E-state index in [0.29, 0.717) is 11.3 Å². The third kappa shape index (κ3) is 9.07. The van der Waals surface area contributed by atoms with Crippen LogP contribution in [0.4, 0.5) is 0 Å². The number of nitrogens with one attached hydrogen (secondary N) is 1. The molecule has 10 heteroatoms. The number of aryl methyl sites for hydroxylation is 1. The van der Waals surface area contributed by atoms with Crippen molar-refractivity contribution >= 4 is 33.5 Å². The van der Waals surface area contributed by atoms with Crippen LogP contribution in [0.15, 0.2) is 89.3 Å². The molecule has 0 saturated heterocycles. The van der Waals surface area contributed by atoms with Crippen molar-refractivity contribution in [3.05, 3.63) is 107 Å². The van der Waals surface area contributed by atoms with Crippen molar-refractivity contribution in [1.29, 1.82) is 0 Å². The van der Waals surface area contributed by atoms with Gasteiger partial charge in [0.15, 0.2) is 0 Å². The van der Waals surface area contributed by atoms with Gasteiger partial charge in [-0.15, -0.1) is 0 Å². The normalized spacial score (nSPS) is 12.9. The zero-order chi connectivity index (χ0) is 31.7. The predicted molar refractivity (Wildman–Crippen MR) is 175 cm³/mol. The number of amides is 1. The van der Waals surface area contributed by atoms with Crippen molar-refractivity contribution in [2.24, 2.45) is 0 Å². The van der Waals surface area contributed by atoms with Crippen LogP contribution in [0, 0.1) is 6.92 Å². The number of furan rings is 1. The summed E-state index contributed by atoms with van der Waals surface area (Å²) in [6.07, 6.45) is 0.500. The minimum Gasteiger partial charge on any atom is -0.480 e. The van der Waals surface area contributed by atoms with E-state index in [0.717, 1.165) is 45.8 Å². The highest BCUT2D eigenvalue weighted by Crippen LogP contribution is 2.32. The summed E-state index contributed by atoms with van der Waals surface area (Å²) in [5.41, 5.74) is 4.47. The first-order valence-corrected chi connectivity index (χ1v) is 17.5. The second-order valence-electron chi connectivity index (χ2n) is 10.5. The minimum atomic E-state index is -3.40. The molecule has 0 spiro atoms. The standard InChI is InChI=1S/C34H37NO7S2/c1-4-43-22-32(31-17-16-30(42-31)25-11-6-5-7-12-25)41-21-24-14-15-27(28(20-24)26-13-9-8-10-23(26)2)33(36)35-29(34(37)38)18-19-44(3,39)40/h5-17,20,29,32H,4,18-19,21-22H2,1-3H3,(H,35,36)(H,37,38). The summed E-state index contributed by atoms with van der Waals surface area (Å²) in [7, 11) is -3.40. The van der Waals surface area contributed by atoms with Gasteiger partial charge in [0.2, 0.25) is 0 Å². The van der Waals surface area contributed by atoms with Crippen molar-refractivity contribution < 1.29 is 32.3 Å². The van der Waals surface area contributed by atoms with Gasteiger partial charge in [-0.1, -0.05) is 67.6 Å². The lowest BCUT2D eigenvalue weighted by atomic mass is 9.93. The second kappa shape index (κ2) is 15.2. The number of hydrogen-bond acceptors (Lipinski definition) is 7. The van der Waals surface area contributed by atoms with Gasteiger partial charge in [-0.05, 0) is 65.6 Å². The van der Waals surface area contributed by atoms with Crippen LogP contribution in [0.3, 0.4) is 0 Å². The Labute approximate surface area is 262 Å². The number of benzene rings is 3. The topological polar surface area (TPSA) is 123 Å². The lowest BCUT2D eigenvalue weighted by Crippen LogP contribution is -2.42. The van der Waals surface area contributed by atoms with Gasteiger partial charge in [0.25, 0.3) is 5.91 Å². The highest BCUT2D eigenvalue weighted by molar-refractivity contribution is 7.99. The lowest BCUT2D eigenvalue weighted by molar-refractivity contribution is -0.139. The number of carbonyl (C=O) groups excluding carboxylic acids is 1. The summed E-state index contributed by atoms with van der Waals surface area (Å²) in [5.74, 6) is 0.873. The van der Waals surface area contributed by atoms with E-state index in [9.17, 15) is 23.1 Å². The van der Waals surface area contributed by atoms with Gasteiger partial charge >= 0.3 is 5.97 Å². The zero-order valence-electron chi connectivity index (χ0n) is 25.0. The molecule has 1 heterocycles. The van der Waals surface area contributed by atoms with Crippen molar-refractivity contribution in [2.75, 3.05) is 23.5 Å². The first-order chi connectivity index (χ1) is 21.1. The third-order valence-corrected chi connectivity index (χ3v) is 9.00. The highest BCUT2D eigenvalue weighted by Gasteiger charge is 2.25. The van der Waals surface area contributed by atoms with E-state index < -0.39 is 27.8 Å². The number of carboxylic acids is 1. The van der Waals surface area contributed by atoms with Crippen LogP contribution in [0.2, 0.25) is 0 Å². The number of sulfone groups is 1. The maximum absolute atomic E-state index is 13.4. The molecule has 2 unspecified atom stereocenters. The maximum atomic E-state index is 13.4. The van der Waals surface area contributed by atoms with E-state index in [1.54, 1.807) is 23.9 Å². The van der Waals surface area contributed by atoms with Crippen LogP contribution in [0.1, 0.15) is 46.7 Å². The van der Waals surface area contributed by atoms with Gasteiger partial charge in [-0.2, -0.15) is 11.8 Å². The average Bonchev–Trinajstić information content (AvgIpc) is 3.49. The van der Waals surface area contributed by atoms with Crippen molar-refractivity contribution in [2.45, 2.75) is 39.0 Å². The molecule has 44 heavy (non-hydrogen) atoms. The van der Waals surface area contributed by atoms with E-state index in [-0.39, 0.29) is 30.4 Å². The zero-order valence-corrected chi connectivity index (χ0v) is 26.6. The van der Waals surface area contributed by atoms with Crippen LogP contribution in [0.25, 0.3) is 22.5 Å². The first-order valence-electron chi connectivity index (χ1n) is 14.3. The van der Waals surface area contributed by atoms with Crippen LogP contribution in [0.5, 0.6) is 0 Å². The molecule has 232 valence electrons. The molecule has 4 aromatic rings. The fourth-order valence-corrected chi connectivity index (χ4v) is 6.09. The van der Waals surface area contributed by atoms with Crippen molar-refractivity contribution in [3.8, 4) is 22.5 Å². The Bertz CT molecular complexity index is 1680. The van der Waals surface area contributed by atoms with E-state index in [1.807, 2.05) is 79.7 Å². The van der Waals surface area contributed by atoms with E-state index in [4.69, 9.17) is 9.15 Å². The lowest BCUT2D eigenvalue weighted by Gasteiger charge is -2.19. The molecule has 0 bridgehead atoms. The van der Waals surface area contributed by atoms with Gasteiger partial charge in [0, 0.05) is 23.1 Å². The van der Waals surface area contributed by atoms with E-state index >= 15 is 0 Å². The largest absolute Gasteiger partial charge is 0.480 e. The molecule has 0 fully saturated rings. The molecule has 1 aromatic heterocycles. The number of carbonyl (C=O) groups is 2. The highest BCUT2D eigenvalue weighted by atomic mass is 32.2. The Kier molecular flexibility index (Phi) is 11.4. The van der Waals surface area contributed by atoms with Crippen LogP contribution < -0.4 is 5.32 Å². The Morgan fingerprint density at radius 3 is 2.39 bits per heavy atom. The number of carboxylic acid groups (broad SMARTS) is 1. The number of ether oxygens (including phenoxy) is 1. The first kappa shape index (κ1) is 33.0. The Morgan fingerprint density at radius 2 is 1.70 bits per heavy atom. The predicted octanol–water partition coefficient (Wildman–Crippen LogP) is 6.55. The molecule has 0 saturated carbocycles. The molecule has 8 nitrogen and oxygen atoms in total. The van der Waals surface area contributed by atoms with Gasteiger partial charge < -0.3 is 19.6 Å². The summed E-state index contributed by atoms with van der Waals surface area (Å²) in [5, 5.41) is 12.2. The number of hydrogen-bond donors (Lipinski definition) is 2. The average molecular weight is 636 g/mol. The number of thioether (sulfide) groups is 1.